The Bertz CT molecular complexity index is 1430. The number of alkyl carbamates (subject to hydrolysis) is 1. The largest absolute Gasteiger partial charge is 0.493 e. The fourth-order valence-corrected chi connectivity index (χ4v) is 4.31. The van der Waals surface area contributed by atoms with Crippen LogP contribution in [0.4, 0.5) is 9.18 Å². The molecule has 0 spiro atoms. The van der Waals surface area contributed by atoms with Crippen molar-refractivity contribution in [3.05, 3.63) is 77.2 Å². The normalized spacial score (nSPS) is 13.2. The average molecular weight is 597 g/mol. The minimum absolute atomic E-state index is 0.00958. The summed E-state index contributed by atoms with van der Waals surface area (Å²) in [6.45, 7) is 10.4. The molecule has 1 heterocycles. The van der Waals surface area contributed by atoms with Crippen LogP contribution in [0.1, 0.15) is 76.0 Å². The van der Waals surface area contributed by atoms with Crippen LogP contribution in [-0.2, 0) is 15.9 Å². The highest BCUT2D eigenvalue weighted by Crippen LogP contribution is 2.34. The van der Waals surface area contributed by atoms with Crippen LogP contribution in [0.15, 0.2) is 54.6 Å². The van der Waals surface area contributed by atoms with Crippen molar-refractivity contribution in [3.8, 4) is 22.8 Å². The highest BCUT2D eigenvalue weighted by Gasteiger charge is 2.32. The summed E-state index contributed by atoms with van der Waals surface area (Å²) < 4.78 is 29.9. The van der Waals surface area contributed by atoms with E-state index >= 15 is 0 Å². The Morgan fingerprint density at radius 1 is 0.953 bits per heavy atom. The maximum atomic E-state index is 13.7. The van der Waals surface area contributed by atoms with Crippen molar-refractivity contribution >= 4 is 11.9 Å². The predicted molar refractivity (Wildman–Crippen MR) is 161 cm³/mol. The maximum Gasteiger partial charge on any atom is 0.408 e. The summed E-state index contributed by atoms with van der Waals surface area (Å²) in [4.78, 5) is 30.5. The van der Waals surface area contributed by atoms with E-state index in [0.717, 1.165) is 0 Å². The van der Waals surface area contributed by atoms with Gasteiger partial charge in [0.25, 0.3) is 0 Å². The van der Waals surface area contributed by atoms with E-state index in [-0.39, 0.29) is 37.5 Å². The Hall–Kier alpha value is -4.02. The number of aliphatic hydroxyl groups excluding tert-OH is 1. The molecule has 1 atom stereocenters. The van der Waals surface area contributed by atoms with Crippen LogP contribution in [0.2, 0.25) is 0 Å². The maximum absolute atomic E-state index is 13.7. The molecule has 0 aliphatic heterocycles. The SMILES string of the molecule is COc1cc(C(=O)CCC(C)(O)c2cc(C(C)(C)NC(=O)OC(C)(C)C)cc(-c3ccc(F)cc3)n2)ccc1OCCO. The number of aromatic nitrogens is 1. The molecule has 1 unspecified atom stereocenters. The number of nitrogens with one attached hydrogen (secondary N) is 1. The summed E-state index contributed by atoms with van der Waals surface area (Å²) in [6.07, 6.45) is -0.583. The number of hydrogen-bond donors (Lipinski definition) is 3. The van der Waals surface area contributed by atoms with Crippen molar-refractivity contribution < 1.29 is 38.4 Å². The third kappa shape index (κ3) is 9.23. The van der Waals surface area contributed by atoms with Crippen LogP contribution in [-0.4, -0.2) is 53.0 Å². The van der Waals surface area contributed by atoms with Gasteiger partial charge in [0.05, 0.1) is 30.6 Å². The fourth-order valence-electron chi connectivity index (χ4n) is 4.31. The molecule has 2 aromatic carbocycles. The number of carbonyl (C=O) groups is 2. The zero-order valence-corrected chi connectivity index (χ0v) is 25.8. The number of benzene rings is 2. The third-order valence-electron chi connectivity index (χ3n) is 6.73. The first-order valence-corrected chi connectivity index (χ1v) is 14.0. The third-order valence-corrected chi connectivity index (χ3v) is 6.73. The Labute approximate surface area is 252 Å². The summed E-state index contributed by atoms with van der Waals surface area (Å²) in [6, 6.07) is 14.0. The molecule has 3 rings (SSSR count). The number of pyridine rings is 1. The van der Waals surface area contributed by atoms with Gasteiger partial charge >= 0.3 is 6.09 Å². The first-order chi connectivity index (χ1) is 20.0. The molecule has 0 saturated carbocycles. The molecular formula is C33H41FN2O7. The number of ketones is 1. The molecule has 3 aromatic rings. The van der Waals surface area contributed by atoms with Gasteiger partial charge in [-0.3, -0.25) is 4.79 Å². The number of hydrogen-bond acceptors (Lipinski definition) is 8. The Morgan fingerprint density at radius 3 is 2.23 bits per heavy atom. The van der Waals surface area contributed by atoms with Gasteiger partial charge in [0.2, 0.25) is 0 Å². The van der Waals surface area contributed by atoms with Crippen molar-refractivity contribution in [1.29, 1.82) is 0 Å². The standard InChI is InChI=1S/C33H41FN2O7/c1-31(2,3)43-30(39)36-32(4,5)23-19-25(21-8-11-24(34)12-9-21)35-29(20-23)33(6,40)15-14-26(38)22-10-13-27(42-17-16-37)28(18-22)41-7/h8-13,18-20,37,40H,14-17H2,1-7H3,(H,36,39). The highest BCUT2D eigenvalue weighted by atomic mass is 19.1. The van der Waals surface area contributed by atoms with Crippen LogP contribution >= 0.6 is 0 Å². The summed E-state index contributed by atoms with van der Waals surface area (Å²) in [5.41, 5.74) is -0.843. The highest BCUT2D eigenvalue weighted by molar-refractivity contribution is 5.96. The molecular weight excluding hydrogens is 555 g/mol. The van der Waals surface area contributed by atoms with Gasteiger partial charge in [-0.25, -0.2) is 14.2 Å². The summed E-state index contributed by atoms with van der Waals surface area (Å²) in [5.74, 6) is 0.123. The number of halogens is 1. The minimum Gasteiger partial charge on any atom is -0.493 e. The molecule has 232 valence electrons. The van der Waals surface area contributed by atoms with E-state index < -0.39 is 28.7 Å². The summed E-state index contributed by atoms with van der Waals surface area (Å²) in [5, 5.41) is 23.5. The number of aliphatic hydroxyl groups is 2. The number of Topliss-reactive ketones (excluding diaryl/α,β-unsaturated/α-hetero) is 1. The lowest BCUT2D eigenvalue weighted by atomic mass is 9.87. The molecule has 10 heteroatoms. The van der Waals surface area contributed by atoms with Crippen molar-refractivity contribution in [2.45, 2.75) is 71.1 Å². The molecule has 0 bridgehead atoms. The van der Waals surface area contributed by atoms with Crippen LogP contribution in [0.3, 0.4) is 0 Å². The second-order valence-electron chi connectivity index (χ2n) is 12.0. The fraction of sp³-hybridized carbons (Fsp3) is 0.424. The van der Waals surface area contributed by atoms with Crippen molar-refractivity contribution in [2.75, 3.05) is 20.3 Å². The van der Waals surface area contributed by atoms with Crippen molar-refractivity contribution in [3.63, 3.8) is 0 Å². The molecule has 1 amide bonds. The van der Waals surface area contributed by atoms with Crippen molar-refractivity contribution in [2.24, 2.45) is 0 Å². The van der Waals surface area contributed by atoms with E-state index in [1.165, 1.54) is 19.2 Å². The zero-order chi connectivity index (χ0) is 32.0. The lowest BCUT2D eigenvalue weighted by Crippen LogP contribution is -2.44. The molecule has 43 heavy (non-hydrogen) atoms. The Balaban J connectivity index is 1.92. The van der Waals surface area contributed by atoms with E-state index in [1.807, 2.05) is 0 Å². The van der Waals surface area contributed by atoms with Gasteiger partial charge in [0.15, 0.2) is 17.3 Å². The first kappa shape index (κ1) is 33.5. The van der Waals surface area contributed by atoms with E-state index in [2.05, 4.69) is 5.32 Å². The number of carbonyl (C=O) groups excluding carboxylic acids is 2. The summed E-state index contributed by atoms with van der Waals surface area (Å²) in [7, 11) is 1.46. The van der Waals surface area contributed by atoms with Crippen LogP contribution in [0.25, 0.3) is 11.3 Å². The molecule has 0 radical (unpaired) electrons. The number of ether oxygens (including phenoxy) is 3. The molecule has 0 aliphatic rings. The Morgan fingerprint density at radius 2 is 1.63 bits per heavy atom. The van der Waals surface area contributed by atoms with Gasteiger partial charge in [0.1, 0.15) is 23.6 Å². The van der Waals surface area contributed by atoms with E-state index in [0.29, 0.717) is 33.9 Å². The smallest absolute Gasteiger partial charge is 0.408 e. The lowest BCUT2D eigenvalue weighted by Gasteiger charge is -2.31. The monoisotopic (exact) mass is 596 g/mol. The first-order valence-electron chi connectivity index (χ1n) is 14.0. The van der Waals surface area contributed by atoms with Gasteiger partial charge < -0.3 is 29.7 Å². The number of nitrogens with zero attached hydrogens (tertiary/aromatic N) is 1. The summed E-state index contributed by atoms with van der Waals surface area (Å²) >= 11 is 0. The second kappa shape index (κ2) is 13.5. The zero-order valence-electron chi connectivity index (χ0n) is 25.8. The van der Waals surface area contributed by atoms with Gasteiger partial charge in [-0.1, -0.05) is 0 Å². The van der Waals surface area contributed by atoms with Gasteiger partial charge in [-0.2, -0.15) is 0 Å². The lowest BCUT2D eigenvalue weighted by molar-refractivity contribution is 0.0394. The predicted octanol–water partition coefficient (Wildman–Crippen LogP) is 5.90. The second-order valence-corrected chi connectivity index (χ2v) is 12.0. The van der Waals surface area contributed by atoms with Gasteiger partial charge in [0, 0.05) is 17.5 Å². The molecule has 3 N–H and O–H groups in total. The van der Waals surface area contributed by atoms with Crippen LogP contribution < -0.4 is 14.8 Å². The number of methoxy groups -OCH3 is 1. The number of amides is 1. The number of rotatable bonds is 12. The van der Waals surface area contributed by atoms with E-state index in [4.69, 9.17) is 24.3 Å². The van der Waals surface area contributed by atoms with E-state index in [1.54, 1.807) is 84.0 Å². The molecule has 0 saturated heterocycles. The molecule has 9 nitrogen and oxygen atoms in total. The van der Waals surface area contributed by atoms with E-state index in [9.17, 15) is 19.1 Å². The quantitative estimate of drug-likeness (QED) is 0.221. The van der Waals surface area contributed by atoms with Crippen molar-refractivity contribution in [1.82, 2.24) is 10.3 Å². The van der Waals surface area contributed by atoms with Crippen LogP contribution in [0.5, 0.6) is 11.5 Å². The average Bonchev–Trinajstić information content (AvgIpc) is 2.93. The molecule has 0 fully saturated rings. The Kier molecular flexibility index (Phi) is 10.5. The molecule has 0 aliphatic carbocycles. The topological polar surface area (TPSA) is 127 Å². The van der Waals surface area contributed by atoms with Gasteiger partial charge in [-0.15, -0.1) is 0 Å². The van der Waals surface area contributed by atoms with Gasteiger partial charge in [-0.05, 0) is 108 Å². The molecule has 1 aromatic heterocycles. The van der Waals surface area contributed by atoms with Crippen LogP contribution in [0, 0.1) is 5.82 Å². The minimum atomic E-state index is -1.54.